The number of methoxy groups -OCH3 is 1. The molecule has 2 aromatic carbocycles. The van der Waals surface area contributed by atoms with Crippen LogP contribution >= 0.6 is 0 Å². The molecule has 0 spiro atoms. The van der Waals surface area contributed by atoms with Crippen molar-refractivity contribution in [2.24, 2.45) is 0 Å². The molecule has 0 saturated heterocycles. The minimum absolute atomic E-state index is 0.0298. The van der Waals surface area contributed by atoms with Crippen LogP contribution in [0.1, 0.15) is 36.6 Å². The second-order valence-electron chi connectivity index (χ2n) is 6.27. The normalized spacial score (nSPS) is 11.1. The minimum atomic E-state index is -0.559. The number of nitrogens with zero attached hydrogens (tertiary/aromatic N) is 2. The zero-order valence-corrected chi connectivity index (χ0v) is 14.5. The standard InChI is InChI=1S/C20H18F2N2O/c1-11(2)20-14(10-23)18-16(7-8-17(25-4)19(18)22)24(20)13-5-6-15(21)12(3)9-13/h5-9,11H,1-4H3. The second-order valence-corrected chi connectivity index (χ2v) is 6.27. The Hall–Kier alpha value is -2.87. The van der Waals surface area contributed by atoms with Crippen LogP contribution in [0.25, 0.3) is 16.6 Å². The summed E-state index contributed by atoms with van der Waals surface area (Å²) < 4.78 is 35.5. The minimum Gasteiger partial charge on any atom is -0.494 e. The van der Waals surface area contributed by atoms with E-state index in [0.29, 0.717) is 22.5 Å². The molecule has 0 fully saturated rings. The number of hydrogen-bond donors (Lipinski definition) is 0. The topological polar surface area (TPSA) is 37.9 Å². The fraction of sp³-hybridized carbons (Fsp3) is 0.250. The number of nitriles is 1. The number of benzene rings is 2. The van der Waals surface area contributed by atoms with Gasteiger partial charge in [0.25, 0.3) is 0 Å². The van der Waals surface area contributed by atoms with Gasteiger partial charge in [-0.15, -0.1) is 0 Å². The van der Waals surface area contributed by atoms with Crippen molar-refractivity contribution in [3.8, 4) is 17.5 Å². The number of hydrogen-bond acceptors (Lipinski definition) is 2. The Kier molecular flexibility index (Phi) is 4.22. The first-order valence-corrected chi connectivity index (χ1v) is 7.98. The molecule has 128 valence electrons. The van der Waals surface area contributed by atoms with E-state index in [0.717, 1.165) is 0 Å². The lowest BCUT2D eigenvalue weighted by molar-refractivity contribution is 0.389. The summed E-state index contributed by atoms with van der Waals surface area (Å²) in [5.74, 6) is -0.805. The molecule has 3 nitrogen and oxygen atoms in total. The van der Waals surface area contributed by atoms with E-state index in [-0.39, 0.29) is 28.4 Å². The quantitative estimate of drug-likeness (QED) is 0.655. The number of fused-ring (bicyclic) bond motifs is 1. The molecule has 0 N–H and O–H groups in total. The lowest BCUT2D eigenvalue weighted by Gasteiger charge is -2.14. The molecule has 1 heterocycles. The van der Waals surface area contributed by atoms with Crippen LogP contribution < -0.4 is 4.74 Å². The molecule has 0 aliphatic heterocycles. The summed E-state index contributed by atoms with van der Waals surface area (Å²) in [4.78, 5) is 0. The molecule has 0 atom stereocenters. The molecular weight excluding hydrogens is 322 g/mol. The summed E-state index contributed by atoms with van der Waals surface area (Å²) in [6, 6.07) is 10.1. The summed E-state index contributed by atoms with van der Waals surface area (Å²) in [5.41, 5.74) is 2.71. The van der Waals surface area contributed by atoms with Crippen LogP contribution in [0.15, 0.2) is 30.3 Å². The molecule has 0 radical (unpaired) electrons. The van der Waals surface area contributed by atoms with E-state index >= 15 is 0 Å². The maximum absolute atomic E-state index is 14.9. The highest BCUT2D eigenvalue weighted by Gasteiger charge is 2.25. The smallest absolute Gasteiger partial charge is 0.175 e. The predicted octanol–water partition coefficient (Wildman–Crippen LogP) is 5.22. The van der Waals surface area contributed by atoms with Crippen molar-refractivity contribution in [3.05, 3.63) is 58.8 Å². The van der Waals surface area contributed by atoms with Crippen molar-refractivity contribution in [2.75, 3.05) is 7.11 Å². The molecule has 25 heavy (non-hydrogen) atoms. The Morgan fingerprint density at radius 1 is 1.16 bits per heavy atom. The zero-order chi connectivity index (χ0) is 18.3. The van der Waals surface area contributed by atoms with E-state index in [1.807, 2.05) is 18.4 Å². The Morgan fingerprint density at radius 3 is 2.44 bits per heavy atom. The van der Waals surface area contributed by atoms with E-state index in [1.165, 1.54) is 19.2 Å². The molecule has 0 amide bonds. The first-order chi connectivity index (χ1) is 11.9. The van der Waals surface area contributed by atoms with Gasteiger partial charge in [0.1, 0.15) is 11.9 Å². The van der Waals surface area contributed by atoms with Crippen molar-refractivity contribution in [1.29, 1.82) is 5.26 Å². The van der Waals surface area contributed by atoms with E-state index in [9.17, 15) is 14.0 Å². The van der Waals surface area contributed by atoms with Gasteiger partial charge in [0.2, 0.25) is 0 Å². The Balaban J connectivity index is 2.49. The third-order valence-electron chi connectivity index (χ3n) is 4.35. The van der Waals surface area contributed by atoms with Gasteiger partial charge in [0.05, 0.1) is 23.6 Å². The van der Waals surface area contributed by atoms with Gasteiger partial charge in [-0.25, -0.2) is 8.78 Å². The van der Waals surface area contributed by atoms with E-state index in [1.54, 1.807) is 25.1 Å². The molecule has 3 rings (SSSR count). The van der Waals surface area contributed by atoms with E-state index in [2.05, 4.69) is 6.07 Å². The first kappa shape index (κ1) is 17.0. The predicted molar refractivity (Wildman–Crippen MR) is 93.3 cm³/mol. The number of ether oxygens (including phenoxy) is 1. The molecule has 0 unspecified atom stereocenters. The largest absolute Gasteiger partial charge is 0.494 e. The van der Waals surface area contributed by atoms with Crippen molar-refractivity contribution in [3.63, 3.8) is 0 Å². The SMILES string of the molecule is COc1ccc2c(c1F)c(C#N)c(C(C)C)n2-c1ccc(F)c(C)c1. The van der Waals surface area contributed by atoms with Crippen LogP contribution in [0.3, 0.4) is 0 Å². The van der Waals surface area contributed by atoms with Gasteiger partial charge in [-0.3, -0.25) is 0 Å². The highest BCUT2D eigenvalue weighted by atomic mass is 19.1. The third kappa shape index (κ3) is 2.54. The van der Waals surface area contributed by atoms with Gasteiger partial charge in [-0.1, -0.05) is 13.8 Å². The van der Waals surface area contributed by atoms with Gasteiger partial charge in [0.15, 0.2) is 11.6 Å². The summed E-state index contributed by atoms with van der Waals surface area (Å²) in [6.07, 6.45) is 0. The monoisotopic (exact) mass is 340 g/mol. The zero-order valence-electron chi connectivity index (χ0n) is 14.5. The highest BCUT2D eigenvalue weighted by Crippen LogP contribution is 2.38. The second kappa shape index (κ2) is 6.21. The van der Waals surface area contributed by atoms with Crippen LogP contribution in [0.4, 0.5) is 8.78 Å². The Morgan fingerprint density at radius 2 is 1.88 bits per heavy atom. The maximum Gasteiger partial charge on any atom is 0.175 e. The van der Waals surface area contributed by atoms with Gasteiger partial charge < -0.3 is 9.30 Å². The molecule has 1 aromatic heterocycles. The Bertz CT molecular complexity index is 1010. The molecule has 0 bridgehead atoms. The van der Waals surface area contributed by atoms with Crippen LogP contribution in [-0.2, 0) is 0 Å². The van der Waals surface area contributed by atoms with Gasteiger partial charge in [-0.2, -0.15) is 5.26 Å². The fourth-order valence-electron chi connectivity index (χ4n) is 3.20. The van der Waals surface area contributed by atoms with Crippen LogP contribution in [0.2, 0.25) is 0 Å². The van der Waals surface area contributed by atoms with Crippen LogP contribution in [0.5, 0.6) is 5.75 Å². The van der Waals surface area contributed by atoms with Gasteiger partial charge >= 0.3 is 0 Å². The van der Waals surface area contributed by atoms with E-state index in [4.69, 9.17) is 4.74 Å². The highest BCUT2D eigenvalue weighted by molar-refractivity contribution is 5.91. The van der Waals surface area contributed by atoms with Crippen molar-refractivity contribution in [2.45, 2.75) is 26.7 Å². The maximum atomic E-state index is 14.9. The number of halogens is 2. The molecule has 0 saturated carbocycles. The average Bonchev–Trinajstić information content (AvgIpc) is 2.93. The molecule has 0 aliphatic carbocycles. The molecule has 5 heteroatoms. The number of rotatable bonds is 3. The van der Waals surface area contributed by atoms with Gasteiger partial charge in [0, 0.05) is 11.4 Å². The van der Waals surface area contributed by atoms with E-state index < -0.39 is 5.82 Å². The lowest BCUT2D eigenvalue weighted by atomic mass is 10.0. The number of aromatic nitrogens is 1. The van der Waals surface area contributed by atoms with Crippen LogP contribution in [0, 0.1) is 29.9 Å². The molecular formula is C20H18F2N2O. The Labute approximate surface area is 145 Å². The van der Waals surface area contributed by atoms with Crippen molar-refractivity contribution >= 4 is 10.9 Å². The van der Waals surface area contributed by atoms with Crippen LogP contribution in [-0.4, -0.2) is 11.7 Å². The summed E-state index contributed by atoms with van der Waals surface area (Å²) in [6.45, 7) is 5.56. The molecule has 0 aliphatic rings. The molecule has 3 aromatic rings. The lowest BCUT2D eigenvalue weighted by Crippen LogP contribution is -2.04. The first-order valence-electron chi connectivity index (χ1n) is 7.98. The summed E-state index contributed by atoms with van der Waals surface area (Å²) in [7, 11) is 1.39. The number of aryl methyl sites for hydroxylation is 1. The van der Waals surface area contributed by atoms with Crippen molar-refractivity contribution in [1.82, 2.24) is 4.57 Å². The fourth-order valence-corrected chi connectivity index (χ4v) is 3.20. The average molecular weight is 340 g/mol. The van der Waals surface area contributed by atoms with Gasteiger partial charge in [-0.05, 0) is 48.7 Å². The van der Waals surface area contributed by atoms with Crippen molar-refractivity contribution < 1.29 is 13.5 Å². The summed E-state index contributed by atoms with van der Waals surface area (Å²) in [5, 5.41) is 9.91. The third-order valence-corrected chi connectivity index (χ3v) is 4.35. The summed E-state index contributed by atoms with van der Waals surface area (Å²) >= 11 is 0.